The number of hydrogen-bond acceptors (Lipinski definition) is 6. The minimum Gasteiger partial charge on any atom is -0.183 e. The highest BCUT2D eigenvalue weighted by atomic mass is 79.9. The summed E-state index contributed by atoms with van der Waals surface area (Å²) in [6.07, 6.45) is 0. The Morgan fingerprint density at radius 3 is 2.39 bits per heavy atom. The minimum atomic E-state index is -4.43. The van der Waals surface area contributed by atoms with Gasteiger partial charge in [-0.2, -0.15) is 14.0 Å². The van der Waals surface area contributed by atoms with E-state index in [-0.39, 0.29) is 0 Å². The second-order valence-corrected chi connectivity index (χ2v) is 8.28. The van der Waals surface area contributed by atoms with Crippen LogP contribution in [0.15, 0.2) is 34.1 Å². The third-order valence-corrected chi connectivity index (χ3v) is 5.83. The van der Waals surface area contributed by atoms with Crippen LogP contribution in [-0.4, -0.2) is 4.27 Å². The molecule has 18 heavy (non-hydrogen) atoms. The molecule has 4 nitrogen and oxygen atoms in total. The molecule has 1 atom stereocenters. The summed E-state index contributed by atoms with van der Waals surface area (Å²) in [7, 11) is -4.43. The monoisotopic (exact) mass is 370 g/mol. The summed E-state index contributed by atoms with van der Waals surface area (Å²) in [6, 6.07) is 7.58. The zero-order chi connectivity index (χ0) is 13.4. The molecule has 0 saturated heterocycles. The summed E-state index contributed by atoms with van der Waals surface area (Å²) in [5, 5.41) is 1.79. The van der Waals surface area contributed by atoms with E-state index in [2.05, 4.69) is 20.2 Å². The molecule has 0 bridgehead atoms. The second-order valence-electron chi connectivity index (χ2n) is 3.53. The molecule has 0 radical (unpaired) electrons. The SMILES string of the molecule is CC1(O[Cl+3]([O-])([O-])[O-])SC=C(c2ccc(Br)cc2)S1. The molecule has 2 rings (SSSR count). The van der Waals surface area contributed by atoms with E-state index < -0.39 is 14.5 Å². The van der Waals surface area contributed by atoms with Gasteiger partial charge in [-0.25, -0.2) is 0 Å². The first-order chi connectivity index (χ1) is 8.27. The molecule has 0 saturated carbocycles. The molecule has 1 aromatic rings. The molecule has 1 aliphatic rings. The first kappa shape index (κ1) is 14.7. The number of benzene rings is 1. The highest BCUT2D eigenvalue weighted by molar-refractivity contribution is 9.10. The molecule has 0 amide bonds. The average Bonchev–Trinajstić information content (AvgIpc) is 2.58. The van der Waals surface area contributed by atoms with Crippen LogP contribution in [0, 0.1) is 10.2 Å². The molecule has 0 aromatic heterocycles. The van der Waals surface area contributed by atoms with Gasteiger partial charge in [-0.3, -0.25) is 0 Å². The highest BCUT2D eigenvalue weighted by Gasteiger charge is 2.47. The zero-order valence-electron chi connectivity index (χ0n) is 9.09. The standard InChI is InChI=1S/C10H8BrClO4S2/c1-10(16-12(13,14)15)17-6-9(18-10)7-2-4-8(11)5-3-7/h2-6H,1H3. The Balaban J connectivity index is 2.09. The first-order valence-corrected chi connectivity index (χ1v) is 8.44. The van der Waals surface area contributed by atoms with E-state index in [1.165, 1.54) is 11.8 Å². The summed E-state index contributed by atoms with van der Waals surface area (Å²) in [5.41, 5.74) is 0.947. The van der Waals surface area contributed by atoms with Crippen molar-refractivity contribution in [3.8, 4) is 0 Å². The number of halogens is 2. The molecule has 0 spiro atoms. The van der Waals surface area contributed by atoms with Crippen LogP contribution < -0.4 is 14.0 Å². The van der Waals surface area contributed by atoms with E-state index in [0.717, 1.165) is 26.7 Å². The smallest absolute Gasteiger partial charge is 0.183 e. The van der Waals surface area contributed by atoms with Gasteiger partial charge in [-0.05, 0) is 23.1 Å². The molecular weight excluding hydrogens is 364 g/mol. The van der Waals surface area contributed by atoms with Crippen molar-refractivity contribution in [1.29, 1.82) is 0 Å². The predicted octanol–water partition coefficient (Wildman–Crippen LogP) is 0.815. The molecule has 0 aliphatic carbocycles. The number of hydrogen-bond donors (Lipinski definition) is 0. The fourth-order valence-corrected chi connectivity index (χ4v) is 4.75. The largest absolute Gasteiger partial charge is 0.320 e. The van der Waals surface area contributed by atoms with Gasteiger partial charge in [-0.15, -0.1) is 0 Å². The Kier molecular flexibility index (Phi) is 4.35. The van der Waals surface area contributed by atoms with Gasteiger partial charge < -0.3 is 0 Å². The van der Waals surface area contributed by atoms with Gasteiger partial charge in [0.1, 0.15) is 0 Å². The quantitative estimate of drug-likeness (QED) is 0.782. The fraction of sp³-hybridized carbons (Fsp3) is 0.200. The topological polar surface area (TPSA) is 78.4 Å². The van der Waals surface area contributed by atoms with Crippen molar-refractivity contribution >= 4 is 44.4 Å². The molecule has 1 aromatic carbocycles. The lowest BCUT2D eigenvalue weighted by atomic mass is 10.2. The van der Waals surface area contributed by atoms with Crippen LogP contribution in [0.1, 0.15) is 12.5 Å². The lowest BCUT2D eigenvalue weighted by Gasteiger charge is -2.21. The van der Waals surface area contributed by atoms with Crippen molar-refractivity contribution in [3.63, 3.8) is 0 Å². The fourth-order valence-electron chi connectivity index (χ4n) is 1.36. The van der Waals surface area contributed by atoms with Gasteiger partial charge in [0.15, 0.2) is 0 Å². The van der Waals surface area contributed by atoms with Gasteiger partial charge in [0, 0.05) is 16.3 Å². The summed E-state index contributed by atoms with van der Waals surface area (Å²) in [5.74, 6) is 0. The van der Waals surface area contributed by atoms with Crippen molar-refractivity contribution in [3.05, 3.63) is 39.7 Å². The second kappa shape index (κ2) is 5.34. The van der Waals surface area contributed by atoms with Crippen LogP contribution in [0.5, 0.6) is 0 Å². The highest BCUT2D eigenvalue weighted by Crippen LogP contribution is 2.54. The Bertz CT molecular complexity index is 474. The van der Waals surface area contributed by atoms with Crippen LogP contribution in [0.4, 0.5) is 0 Å². The zero-order valence-corrected chi connectivity index (χ0v) is 13.1. The predicted molar refractivity (Wildman–Crippen MR) is 66.8 cm³/mol. The van der Waals surface area contributed by atoms with Crippen molar-refractivity contribution in [2.45, 2.75) is 11.2 Å². The average molecular weight is 372 g/mol. The van der Waals surface area contributed by atoms with E-state index in [1.807, 2.05) is 24.3 Å². The van der Waals surface area contributed by atoms with Crippen LogP contribution in [0.3, 0.4) is 0 Å². The Morgan fingerprint density at radius 1 is 1.22 bits per heavy atom. The maximum absolute atomic E-state index is 10.6. The van der Waals surface area contributed by atoms with E-state index in [9.17, 15) is 14.0 Å². The molecular formula is C10H8BrClO4S2. The molecule has 98 valence electrons. The van der Waals surface area contributed by atoms with Gasteiger partial charge >= 0.3 is 4.27 Å². The van der Waals surface area contributed by atoms with Crippen molar-refractivity contribution < 1.29 is 28.5 Å². The normalized spacial score (nSPS) is 24.2. The lowest BCUT2D eigenvalue weighted by Crippen LogP contribution is -2.63. The molecule has 1 unspecified atom stereocenters. The Hall–Kier alpha value is 0.270. The third-order valence-electron chi connectivity index (χ3n) is 2.04. The summed E-state index contributed by atoms with van der Waals surface area (Å²) in [6.45, 7) is 1.55. The Labute approximate surface area is 123 Å². The molecule has 0 N–H and O–H groups in total. The van der Waals surface area contributed by atoms with Crippen LogP contribution in [0.25, 0.3) is 4.91 Å². The van der Waals surface area contributed by atoms with Gasteiger partial charge in [-0.1, -0.05) is 51.6 Å². The van der Waals surface area contributed by atoms with Crippen LogP contribution in [0.2, 0.25) is 0 Å². The first-order valence-electron chi connectivity index (χ1n) is 4.72. The maximum Gasteiger partial charge on any atom is 0.320 e. The van der Waals surface area contributed by atoms with Crippen LogP contribution >= 0.6 is 39.5 Å². The summed E-state index contributed by atoms with van der Waals surface area (Å²) >= 11 is 5.70. The molecule has 8 heteroatoms. The van der Waals surface area contributed by atoms with Crippen molar-refractivity contribution in [2.24, 2.45) is 0 Å². The van der Waals surface area contributed by atoms with E-state index in [1.54, 1.807) is 12.3 Å². The number of thioether (sulfide) groups is 2. The van der Waals surface area contributed by atoms with Crippen molar-refractivity contribution in [1.82, 2.24) is 0 Å². The van der Waals surface area contributed by atoms with Gasteiger partial charge in [0.05, 0.1) is 14.5 Å². The van der Waals surface area contributed by atoms with E-state index in [4.69, 9.17) is 0 Å². The number of rotatable bonds is 3. The Morgan fingerprint density at radius 2 is 1.83 bits per heavy atom. The van der Waals surface area contributed by atoms with E-state index >= 15 is 0 Å². The minimum absolute atomic E-state index is 0.869. The maximum atomic E-state index is 10.6. The summed E-state index contributed by atoms with van der Waals surface area (Å²) in [4.78, 5) is 0.869. The molecule has 1 aliphatic heterocycles. The van der Waals surface area contributed by atoms with Crippen LogP contribution in [-0.2, 0) is 4.29 Å². The molecule has 1 heterocycles. The van der Waals surface area contributed by atoms with Crippen molar-refractivity contribution in [2.75, 3.05) is 0 Å². The lowest BCUT2D eigenvalue weighted by molar-refractivity contribution is -1.92. The van der Waals surface area contributed by atoms with E-state index in [0.29, 0.717) is 0 Å². The third kappa shape index (κ3) is 3.88. The molecule has 0 fully saturated rings. The van der Waals surface area contributed by atoms with Gasteiger partial charge in [0.25, 0.3) is 0 Å². The van der Waals surface area contributed by atoms with Gasteiger partial charge in [0.2, 0.25) is 0 Å². The summed E-state index contributed by atoms with van der Waals surface area (Å²) < 4.78 is 36.2.